The Hall–Kier alpha value is 0. The summed E-state index contributed by atoms with van der Waals surface area (Å²) in [6.45, 7) is 10.2. The third kappa shape index (κ3) is 0.666. The predicted molar refractivity (Wildman–Crippen MR) is 62.4 cm³/mol. The minimum Gasteiger partial charge on any atom is -0.0625 e. The highest BCUT2D eigenvalue weighted by Gasteiger charge is 2.86. The van der Waals surface area contributed by atoms with Crippen LogP contribution in [0.3, 0.4) is 0 Å². The first-order valence-electron chi connectivity index (χ1n) is 7.02. The maximum Gasteiger partial charge on any atom is -0.0204 e. The van der Waals surface area contributed by atoms with Crippen molar-refractivity contribution in [3.63, 3.8) is 0 Å². The van der Waals surface area contributed by atoms with Crippen molar-refractivity contribution in [2.75, 3.05) is 0 Å². The molecular weight excluding hydrogens is 180 g/mol. The molecule has 0 aromatic rings. The zero-order valence-electron chi connectivity index (χ0n) is 10.6. The summed E-state index contributed by atoms with van der Waals surface area (Å²) >= 11 is 0. The molecule has 5 saturated carbocycles. The predicted octanol–water partition coefficient (Wildman–Crippen LogP) is 3.96. The molecule has 0 heterocycles. The van der Waals surface area contributed by atoms with E-state index in [9.17, 15) is 0 Å². The molecular formula is C15H24. The average molecular weight is 204 g/mol. The number of hydrogen-bond donors (Lipinski definition) is 0. The molecule has 5 fully saturated rings. The van der Waals surface area contributed by atoms with Crippen molar-refractivity contribution in [2.24, 2.45) is 46.3 Å². The van der Waals surface area contributed by atoms with Crippen LogP contribution in [0.2, 0.25) is 0 Å². The van der Waals surface area contributed by atoms with E-state index in [1.165, 1.54) is 6.42 Å². The maximum atomic E-state index is 2.63. The Morgan fingerprint density at radius 3 is 2.47 bits per heavy atom. The average Bonchev–Trinajstić information content (AvgIpc) is 2.49. The van der Waals surface area contributed by atoms with E-state index >= 15 is 0 Å². The highest BCUT2D eigenvalue weighted by atomic mass is 14.9. The molecule has 84 valence electrons. The van der Waals surface area contributed by atoms with Crippen LogP contribution in [0.25, 0.3) is 0 Å². The van der Waals surface area contributed by atoms with Gasteiger partial charge in [0.1, 0.15) is 0 Å². The Morgan fingerprint density at radius 2 is 1.87 bits per heavy atom. The normalized spacial score (nSPS) is 69.0. The zero-order chi connectivity index (χ0) is 10.6. The molecule has 0 spiro atoms. The first kappa shape index (κ1) is 9.07. The lowest BCUT2D eigenvalue weighted by Gasteiger charge is -2.44. The van der Waals surface area contributed by atoms with Gasteiger partial charge < -0.3 is 0 Å². The van der Waals surface area contributed by atoms with Crippen molar-refractivity contribution in [2.45, 2.75) is 47.0 Å². The van der Waals surface area contributed by atoms with Gasteiger partial charge in [0.2, 0.25) is 0 Å². The summed E-state index contributed by atoms with van der Waals surface area (Å²) < 4.78 is 0. The first-order valence-corrected chi connectivity index (χ1v) is 7.02. The molecule has 0 aromatic carbocycles. The molecule has 0 heteroatoms. The second-order valence-electron chi connectivity index (χ2n) is 7.70. The molecule has 0 saturated heterocycles. The lowest BCUT2D eigenvalue weighted by atomic mass is 9.61. The fourth-order valence-corrected chi connectivity index (χ4v) is 6.72. The number of hydrogen-bond acceptors (Lipinski definition) is 0. The smallest absolute Gasteiger partial charge is 0.0204 e. The van der Waals surface area contributed by atoms with Gasteiger partial charge in [0, 0.05) is 0 Å². The van der Waals surface area contributed by atoms with Gasteiger partial charge in [0.25, 0.3) is 0 Å². The lowest BCUT2D eigenvalue weighted by molar-refractivity contribution is 0.0483. The van der Waals surface area contributed by atoms with E-state index in [0.717, 1.165) is 46.3 Å². The van der Waals surface area contributed by atoms with Crippen molar-refractivity contribution in [3.8, 4) is 0 Å². The summed E-state index contributed by atoms with van der Waals surface area (Å²) in [4.78, 5) is 0. The number of rotatable bonds is 1. The lowest BCUT2D eigenvalue weighted by Crippen LogP contribution is -2.37. The zero-order valence-corrected chi connectivity index (χ0v) is 10.6. The molecule has 15 heavy (non-hydrogen) atoms. The van der Waals surface area contributed by atoms with Gasteiger partial charge in [-0.1, -0.05) is 27.7 Å². The van der Waals surface area contributed by atoms with Crippen molar-refractivity contribution in [3.05, 3.63) is 0 Å². The van der Waals surface area contributed by atoms with Crippen LogP contribution in [-0.2, 0) is 0 Å². The molecule has 0 N–H and O–H groups in total. The minimum atomic E-state index is 0.762. The van der Waals surface area contributed by atoms with E-state index in [2.05, 4.69) is 27.7 Å². The Labute approximate surface area is 93.8 Å². The van der Waals surface area contributed by atoms with Crippen LogP contribution in [-0.4, -0.2) is 0 Å². The van der Waals surface area contributed by atoms with Crippen molar-refractivity contribution in [1.82, 2.24) is 0 Å². The summed E-state index contributed by atoms with van der Waals surface area (Å²) in [7, 11) is 0. The van der Waals surface area contributed by atoms with Gasteiger partial charge in [-0.05, 0) is 65.6 Å². The molecule has 0 amide bonds. The van der Waals surface area contributed by atoms with Crippen molar-refractivity contribution < 1.29 is 0 Å². The molecule has 0 nitrogen and oxygen atoms in total. The second kappa shape index (κ2) is 2.17. The topological polar surface area (TPSA) is 0 Å². The van der Waals surface area contributed by atoms with Gasteiger partial charge in [-0.3, -0.25) is 0 Å². The highest BCUT2D eigenvalue weighted by molar-refractivity contribution is 5.33. The largest absolute Gasteiger partial charge is 0.0625 e. The first-order chi connectivity index (χ1) is 7.02. The van der Waals surface area contributed by atoms with Crippen LogP contribution in [0, 0.1) is 46.3 Å². The van der Waals surface area contributed by atoms with E-state index in [0.29, 0.717) is 0 Å². The second-order valence-corrected chi connectivity index (χ2v) is 7.70. The van der Waals surface area contributed by atoms with Crippen LogP contribution in [0.1, 0.15) is 47.0 Å². The third-order valence-corrected chi connectivity index (χ3v) is 7.57. The summed E-state index contributed by atoms with van der Waals surface area (Å²) in [5.41, 5.74) is 1.56. The monoisotopic (exact) mass is 204 g/mol. The fraction of sp³-hybridized carbons (Fsp3) is 1.00. The van der Waals surface area contributed by atoms with E-state index in [4.69, 9.17) is 0 Å². The highest BCUT2D eigenvalue weighted by Crippen LogP contribution is 2.91. The van der Waals surface area contributed by atoms with E-state index < -0.39 is 0 Å². The summed E-state index contributed by atoms with van der Waals surface area (Å²) in [5, 5.41) is 0. The van der Waals surface area contributed by atoms with Crippen LogP contribution in [0.5, 0.6) is 0 Å². The van der Waals surface area contributed by atoms with Crippen LogP contribution >= 0.6 is 0 Å². The Balaban J connectivity index is 1.80. The van der Waals surface area contributed by atoms with Crippen molar-refractivity contribution in [1.29, 1.82) is 0 Å². The molecule has 0 unspecified atom stereocenters. The summed E-state index contributed by atoms with van der Waals surface area (Å²) in [6.07, 6.45) is 4.68. The Morgan fingerprint density at radius 1 is 1.13 bits per heavy atom. The van der Waals surface area contributed by atoms with Gasteiger partial charge in [-0.2, -0.15) is 0 Å². The summed E-state index contributed by atoms with van der Waals surface area (Å²) in [5.74, 6) is 6.57. The van der Waals surface area contributed by atoms with Crippen molar-refractivity contribution >= 4 is 0 Å². The van der Waals surface area contributed by atoms with E-state index in [-0.39, 0.29) is 0 Å². The van der Waals surface area contributed by atoms with Gasteiger partial charge in [0.15, 0.2) is 0 Å². The molecule has 0 radical (unpaired) electrons. The molecule has 6 bridgehead atoms. The summed E-state index contributed by atoms with van der Waals surface area (Å²) in [6, 6.07) is 0. The SMILES string of the molecule is CC(C)[C@H]1CC[C@]2(C)[C@@H]3C[C@H]4[C@H]([C@H]13)[C@]42C. The van der Waals surface area contributed by atoms with Crippen LogP contribution < -0.4 is 0 Å². The molecule has 0 aliphatic heterocycles. The van der Waals surface area contributed by atoms with Gasteiger partial charge in [0.05, 0.1) is 0 Å². The molecule has 7 atom stereocenters. The van der Waals surface area contributed by atoms with Gasteiger partial charge in [-0.25, -0.2) is 0 Å². The Bertz CT molecular complexity index is 329. The molecule has 5 rings (SSSR count). The quantitative estimate of drug-likeness (QED) is 0.606. The van der Waals surface area contributed by atoms with E-state index in [1.54, 1.807) is 12.8 Å². The van der Waals surface area contributed by atoms with Gasteiger partial charge >= 0.3 is 0 Å². The van der Waals surface area contributed by atoms with E-state index in [1.807, 2.05) is 0 Å². The van der Waals surface area contributed by atoms with Gasteiger partial charge in [-0.15, -0.1) is 0 Å². The fourth-order valence-electron chi connectivity index (χ4n) is 6.72. The Kier molecular flexibility index (Phi) is 1.31. The van der Waals surface area contributed by atoms with Crippen LogP contribution in [0.15, 0.2) is 0 Å². The minimum absolute atomic E-state index is 0.762. The van der Waals surface area contributed by atoms with Crippen LogP contribution in [0.4, 0.5) is 0 Å². The maximum absolute atomic E-state index is 2.63. The molecule has 5 aliphatic rings. The molecule has 5 aliphatic carbocycles. The third-order valence-electron chi connectivity index (χ3n) is 7.57. The standard InChI is InChI=1S/C15H24/c1-8(2)9-5-6-14(3)10-7-11-13(12(9)10)15(11,14)4/h8-13H,5-7H2,1-4H3/t9-,10-,11+,12-,13-,14-,15+/m1/s1. The molecule has 0 aromatic heterocycles.